The first kappa shape index (κ1) is 17.5. The molecule has 5 heteroatoms. The second-order valence-electron chi connectivity index (χ2n) is 8.36. The zero-order valence-corrected chi connectivity index (χ0v) is 16.7. The first-order valence-corrected chi connectivity index (χ1v) is 10.8. The Morgan fingerprint density at radius 3 is 2.50 bits per heavy atom. The molecule has 0 bridgehead atoms. The van der Waals surface area contributed by atoms with Gasteiger partial charge in [-0.25, -0.2) is 10.3 Å². The van der Waals surface area contributed by atoms with Crippen molar-refractivity contribution in [3.63, 3.8) is 0 Å². The van der Waals surface area contributed by atoms with E-state index in [9.17, 15) is 0 Å². The number of anilines is 3. The van der Waals surface area contributed by atoms with E-state index in [0.29, 0.717) is 6.04 Å². The summed E-state index contributed by atoms with van der Waals surface area (Å²) < 4.78 is 2.40. The van der Waals surface area contributed by atoms with E-state index in [0.717, 1.165) is 17.3 Å². The van der Waals surface area contributed by atoms with Gasteiger partial charge in [-0.05, 0) is 68.9 Å². The van der Waals surface area contributed by atoms with Crippen LogP contribution < -0.4 is 15.2 Å². The highest BCUT2D eigenvalue weighted by Gasteiger charge is 2.23. The Morgan fingerprint density at radius 1 is 1.00 bits per heavy atom. The van der Waals surface area contributed by atoms with Crippen molar-refractivity contribution in [3.05, 3.63) is 42.2 Å². The van der Waals surface area contributed by atoms with Crippen LogP contribution in [0, 0.1) is 6.92 Å². The summed E-state index contributed by atoms with van der Waals surface area (Å²) in [6.07, 6.45) is 13.5. The van der Waals surface area contributed by atoms with Crippen molar-refractivity contribution in [1.82, 2.24) is 9.55 Å². The fraction of sp³-hybridized carbons (Fsp3) is 0.478. The van der Waals surface area contributed by atoms with Crippen LogP contribution in [-0.2, 0) is 0 Å². The number of benzene rings is 1. The molecule has 2 N–H and O–H groups in total. The van der Waals surface area contributed by atoms with Crippen LogP contribution in [0.25, 0.3) is 11.0 Å². The van der Waals surface area contributed by atoms with E-state index in [1.807, 2.05) is 0 Å². The Labute approximate surface area is 166 Å². The van der Waals surface area contributed by atoms with E-state index in [4.69, 9.17) is 4.98 Å². The maximum absolute atomic E-state index is 4.93. The van der Waals surface area contributed by atoms with Gasteiger partial charge in [-0.15, -0.1) is 0 Å². The fourth-order valence-electron chi connectivity index (χ4n) is 4.80. The van der Waals surface area contributed by atoms with E-state index in [1.54, 1.807) is 0 Å². The number of H-pyrrole nitrogens is 1. The molecule has 5 nitrogen and oxygen atoms in total. The van der Waals surface area contributed by atoms with Gasteiger partial charge >= 0.3 is 5.95 Å². The predicted octanol–water partition coefficient (Wildman–Crippen LogP) is 5.01. The second-order valence-corrected chi connectivity index (χ2v) is 8.36. The molecule has 2 aliphatic rings. The molecule has 5 rings (SSSR count). The molecule has 1 saturated heterocycles. The van der Waals surface area contributed by atoms with Crippen LogP contribution in [0.2, 0.25) is 0 Å². The fourth-order valence-corrected chi connectivity index (χ4v) is 4.80. The largest absolute Gasteiger partial charge is 0.396 e. The molecule has 1 aromatic carbocycles. The number of rotatable bonds is 4. The van der Waals surface area contributed by atoms with Crippen LogP contribution in [0.15, 0.2) is 36.7 Å². The van der Waals surface area contributed by atoms with Crippen molar-refractivity contribution in [1.29, 1.82) is 0 Å². The van der Waals surface area contributed by atoms with Crippen molar-refractivity contribution < 1.29 is 4.98 Å². The Hall–Kier alpha value is -2.56. The van der Waals surface area contributed by atoms with Crippen molar-refractivity contribution >= 4 is 28.4 Å². The summed E-state index contributed by atoms with van der Waals surface area (Å²) in [6.45, 7) is 4.53. The summed E-state index contributed by atoms with van der Waals surface area (Å²) in [4.78, 5) is 10.8. The third-order valence-corrected chi connectivity index (χ3v) is 6.38. The number of nitrogens with one attached hydrogen (secondary N) is 2. The first-order chi connectivity index (χ1) is 13.8. The van der Waals surface area contributed by atoms with Gasteiger partial charge in [-0.2, -0.15) is 0 Å². The monoisotopic (exact) mass is 376 g/mol. The number of fused-ring (bicyclic) bond motifs is 1. The van der Waals surface area contributed by atoms with Crippen LogP contribution in [0.1, 0.15) is 56.6 Å². The van der Waals surface area contributed by atoms with E-state index in [2.05, 4.69) is 63.4 Å². The summed E-state index contributed by atoms with van der Waals surface area (Å²) in [5.74, 6) is 0.801. The average molecular weight is 377 g/mol. The Bertz CT molecular complexity index is 947. The molecule has 146 valence electrons. The molecule has 2 fully saturated rings. The molecule has 2 aromatic heterocycles. The number of piperidine rings is 1. The summed E-state index contributed by atoms with van der Waals surface area (Å²) in [5, 5.41) is 4.68. The molecular formula is C23H30N5+. The van der Waals surface area contributed by atoms with Crippen LogP contribution >= 0.6 is 0 Å². The van der Waals surface area contributed by atoms with E-state index >= 15 is 0 Å². The molecule has 0 amide bonds. The number of hydrogen-bond acceptors (Lipinski definition) is 3. The van der Waals surface area contributed by atoms with Gasteiger partial charge in [-0.1, -0.05) is 17.8 Å². The molecule has 3 aromatic rings. The molecule has 0 atom stereocenters. The van der Waals surface area contributed by atoms with Gasteiger partial charge in [0.25, 0.3) is 0 Å². The van der Waals surface area contributed by atoms with Crippen LogP contribution in [-0.4, -0.2) is 22.6 Å². The molecule has 0 unspecified atom stereocenters. The van der Waals surface area contributed by atoms with Gasteiger partial charge in [-0.3, -0.25) is 0 Å². The lowest BCUT2D eigenvalue weighted by molar-refractivity contribution is -0.362. The molecule has 1 saturated carbocycles. The quantitative estimate of drug-likeness (QED) is 0.696. The minimum absolute atomic E-state index is 0.600. The van der Waals surface area contributed by atoms with E-state index in [-0.39, 0.29) is 0 Å². The molecular weight excluding hydrogens is 346 g/mol. The molecule has 0 spiro atoms. The lowest BCUT2D eigenvalue weighted by Gasteiger charge is -2.28. The van der Waals surface area contributed by atoms with Crippen LogP contribution in [0.3, 0.4) is 0 Å². The van der Waals surface area contributed by atoms with Gasteiger partial charge in [0.05, 0.1) is 17.3 Å². The molecule has 3 heterocycles. The smallest absolute Gasteiger partial charge is 0.372 e. The van der Waals surface area contributed by atoms with Gasteiger partial charge in [0, 0.05) is 31.0 Å². The third-order valence-electron chi connectivity index (χ3n) is 6.38. The lowest BCUT2D eigenvalue weighted by atomic mass is 10.1. The maximum Gasteiger partial charge on any atom is 0.396 e. The highest BCUT2D eigenvalue weighted by molar-refractivity contribution is 5.79. The maximum atomic E-state index is 4.93. The lowest BCUT2D eigenvalue weighted by Crippen LogP contribution is -2.29. The Morgan fingerprint density at radius 2 is 1.75 bits per heavy atom. The number of hydrogen-bond donors (Lipinski definition) is 1. The Kier molecular flexibility index (Phi) is 4.67. The van der Waals surface area contributed by atoms with E-state index in [1.165, 1.54) is 74.7 Å². The normalized spacial score (nSPS) is 18.1. The zero-order valence-electron chi connectivity index (χ0n) is 16.7. The second kappa shape index (κ2) is 7.46. The van der Waals surface area contributed by atoms with Crippen molar-refractivity contribution in [2.45, 2.75) is 57.9 Å². The average Bonchev–Trinajstić information content (AvgIpc) is 3.37. The van der Waals surface area contributed by atoms with Gasteiger partial charge in [0.15, 0.2) is 0 Å². The summed E-state index contributed by atoms with van der Waals surface area (Å²) in [5.41, 5.74) is 4.78. The molecule has 1 aliphatic carbocycles. The molecule has 1 aliphatic heterocycles. The topological polar surface area (TPSA) is 47.2 Å². The third kappa shape index (κ3) is 3.34. The van der Waals surface area contributed by atoms with Gasteiger partial charge in [0.2, 0.25) is 5.65 Å². The van der Waals surface area contributed by atoms with Gasteiger partial charge < -0.3 is 9.47 Å². The molecule has 28 heavy (non-hydrogen) atoms. The number of aromatic nitrogens is 3. The standard InChI is InChI=1S/C23H29N5/c1-17-16-28(20-7-3-4-8-20)22-21(17)15-24-23(26-22)25-18-9-11-19(12-10-18)27-13-5-2-6-14-27/h9-12,15-16,20H,2-8,13-14H2,1H3,(H,24,25,26)/p+1. The zero-order chi connectivity index (χ0) is 18.9. The van der Waals surface area contributed by atoms with E-state index < -0.39 is 0 Å². The molecule has 0 radical (unpaired) electrons. The first-order valence-electron chi connectivity index (χ1n) is 10.8. The minimum atomic E-state index is 0.600. The van der Waals surface area contributed by atoms with Crippen molar-refractivity contribution in [2.24, 2.45) is 0 Å². The number of nitrogens with zero attached hydrogens (tertiary/aromatic N) is 3. The SMILES string of the molecule is Cc1cn(C2CCCC2)c2nc(Nc3ccc(N4CCCCC4)cc3)[nH+]cc12. The summed E-state index contributed by atoms with van der Waals surface area (Å²) in [7, 11) is 0. The Balaban J connectivity index is 1.38. The number of aromatic amines is 1. The number of aryl methyl sites for hydroxylation is 1. The predicted molar refractivity (Wildman–Crippen MR) is 114 cm³/mol. The van der Waals surface area contributed by atoms with Crippen LogP contribution in [0.4, 0.5) is 17.3 Å². The van der Waals surface area contributed by atoms with Crippen molar-refractivity contribution in [3.8, 4) is 0 Å². The van der Waals surface area contributed by atoms with Crippen molar-refractivity contribution in [2.75, 3.05) is 23.3 Å². The summed E-state index contributed by atoms with van der Waals surface area (Å²) in [6, 6.07) is 9.35. The van der Waals surface area contributed by atoms with Crippen LogP contribution in [0.5, 0.6) is 0 Å². The van der Waals surface area contributed by atoms with Gasteiger partial charge in [0.1, 0.15) is 0 Å². The summed E-state index contributed by atoms with van der Waals surface area (Å²) >= 11 is 0. The highest BCUT2D eigenvalue weighted by atomic mass is 15.2. The highest BCUT2D eigenvalue weighted by Crippen LogP contribution is 2.33. The minimum Gasteiger partial charge on any atom is -0.372 e.